The van der Waals surface area contributed by atoms with E-state index in [4.69, 9.17) is 27.9 Å². The summed E-state index contributed by atoms with van der Waals surface area (Å²) in [4.78, 5) is 21.4. The van der Waals surface area contributed by atoms with Crippen LogP contribution < -0.4 is 9.64 Å². The van der Waals surface area contributed by atoms with Crippen LogP contribution in [0.5, 0.6) is 5.75 Å². The van der Waals surface area contributed by atoms with Crippen molar-refractivity contribution in [3.63, 3.8) is 0 Å². The number of hydrogen-bond acceptors (Lipinski definition) is 4. The molecule has 1 aliphatic rings. The summed E-state index contributed by atoms with van der Waals surface area (Å²) in [5, 5.41) is 0.359. The molecule has 2 heterocycles. The molecule has 1 aromatic heterocycles. The van der Waals surface area contributed by atoms with E-state index in [1.165, 1.54) is 0 Å². The zero-order valence-corrected chi connectivity index (χ0v) is 13.1. The standard InChI is InChI=1S/C15H13Cl2N3O2/c16-13-7-10(18-15(17)19-13)9-22-12-4-1-3-11(8-12)20-6-2-5-14(20)21/h1,3-4,7-8H,2,5-6,9H2. The molecule has 0 spiro atoms. The molecule has 0 N–H and O–H groups in total. The molecule has 1 amide bonds. The predicted octanol–water partition coefficient (Wildman–Crippen LogP) is 3.49. The van der Waals surface area contributed by atoms with Crippen molar-refractivity contribution < 1.29 is 9.53 Å². The molecule has 2 aromatic rings. The largest absolute Gasteiger partial charge is 0.487 e. The Morgan fingerprint density at radius 2 is 2.09 bits per heavy atom. The van der Waals surface area contributed by atoms with Crippen molar-refractivity contribution in [3.8, 4) is 5.75 Å². The zero-order valence-electron chi connectivity index (χ0n) is 11.6. The fourth-order valence-corrected chi connectivity index (χ4v) is 2.78. The van der Waals surface area contributed by atoms with E-state index in [1.807, 2.05) is 24.3 Å². The van der Waals surface area contributed by atoms with Gasteiger partial charge in [0, 0.05) is 30.8 Å². The van der Waals surface area contributed by atoms with Crippen LogP contribution in [0, 0.1) is 0 Å². The molecular weight excluding hydrogens is 325 g/mol. The lowest BCUT2D eigenvalue weighted by molar-refractivity contribution is -0.117. The number of benzene rings is 1. The van der Waals surface area contributed by atoms with Crippen LogP contribution in [0.4, 0.5) is 5.69 Å². The highest BCUT2D eigenvalue weighted by Gasteiger charge is 2.21. The Kier molecular flexibility index (Phi) is 4.45. The number of aromatic nitrogens is 2. The number of anilines is 1. The van der Waals surface area contributed by atoms with Gasteiger partial charge in [0.05, 0.1) is 5.69 Å². The number of carbonyl (C=O) groups is 1. The Balaban J connectivity index is 1.71. The molecule has 1 aliphatic heterocycles. The van der Waals surface area contributed by atoms with Gasteiger partial charge < -0.3 is 9.64 Å². The summed E-state index contributed by atoms with van der Waals surface area (Å²) in [5.41, 5.74) is 1.44. The first kappa shape index (κ1) is 15.1. The highest BCUT2D eigenvalue weighted by Crippen LogP contribution is 2.25. The number of halogens is 2. The summed E-state index contributed by atoms with van der Waals surface area (Å²) in [7, 11) is 0. The van der Waals surface area contributed by atoms with E-state index in [9.17, 15) is 4.79 Å². The van der Waals surface area contributed by atoms with Crippen molar-refractivity contribution in [2.45, 2.75) is 19.4 Å². The number of amides is 1. The van der Waals surface area contributed by atoms with Gasteiger partial charge in [0.2, 0.25) is 11.2 Å². The SMILES string of the molecule is O=C1CCCN1c1cccc(OCc2cc(Cl)nc(Cl)n2)c1. The van der Waals surface area contributed by atoms with E-state index in [0.717, 1.165) is 18.7 Å². The maximum atomic E-state index is 11.8. The van der Waals surface area contributed by atoms with Gasteiger partial charge in [-0.15, -0.1) is 0 Å². The predicted molar refractivity (Wildman–Crippen MR) is 84.4 cm³/mol. The summed E-state index contributed by atoms with van der Waals surface area (Å²) in [6.07, 6.45) is 1.49. The monoisotopic (exact) mass is 337 g/mol. The smallest absolute Gasteiger partial charge is 0.227 e. The average molecular weight is 338 g/mol. The number of ether oxygens (including phenoxy) is 1. The Hall–Kier alpha value is -1.85. The Bertz CT molecular complexity index is 689. The first-order chi connectivity index (χ1) is 10.6. The summed E-state index contributed by atoms with van der Waals surface area (Å²) in [6, 6.07) is 9.02. The van der Waals surface area contributed by atoms with Crippen molar-refractivity contribution in [2.75, 3.05) is 11.4 Å². The van der Waals surface area contributed by atoms with Gasteiger partial charge in [-0.2, -0.15) is 0 Å². The summed E-state index contributed by atoms with van der Waals surface area (Å²) in [5.74, 6) is 0.801. The van der Waals surface area contributed by atoms with E-state index in [-0.39, 0.29) is 23.0 Å². The molecule has 5 nitrogen and oxygen atoms in total. The van der Waals surface area contributed by atoms with Gasteiger partial charge in [-0.25, -0.2) is 9.97 Å². The van der Waals surface area contributed by atoms with Crippen LogP contribution in [-0.2, 0) is 11.4 Å². The number of carbonyl (C=O) groups excluding carboxylic acids is 1. The van der Waals surface area contributed by atoms with Crippen LogP contribution in [0.3, 0.4) is 0 Å². The highest BCUT2D eigenvalue weighted by molar-refractivity contribution is 6.31. The molecule has 1 aromatic carbocycles. The third kappa shape index (κ3) is 3.48. The summed E-state index contributed by atoms with van der Waals surface area (Å²) < 4.78 is 5.69. The van der Waals surface area contributed by atoms with Gasteiger partial charge in [0.15, 0.2) is 0 Å². The van der Waals surface area contributed by atoms with Crippen LogP contribution in [0.25, 0.3) is 0 Å². The topological polar surface area (TPSA) is 55.3 Å². The third-order valence-electron chi connectivity index (χ3n) is 3.31. The Labute approximate surface area is 137 Å². The second-order valence-electron chi connectivity index (χ2n) is 4.89. The molecule has 0 atom stereocenters. The molecule has 3 rings (SSSR count). The Morgan fingerprint density at radius 1 is 1.23 bits per heavy atom. The van der Waals surface area contributed by atoms with Crippen LogP contribution >= 0.6 is 23.2 Å². The van der Waals surface area contributed by atoms with Gasteiger partial charge in [0.1, 0.15) is 17.5 Å². The molecule has 7 heteroatoms. The molecule has 1 fully saturated rings. The molecule has 0 radical (unpaired) electrons. The van der Waals surface area contributed by atoms with E-state index in [0.29, 0.717) is 17.9 Å². The number of rotatable bonds is 4. The van der Waals surface area contributed by atoms with Crippen LogP contribution in [0.1, 0.15) is 18.5 Å². The summed E-state index contributed by atoms with van der Waals surface area (Å²) >= 11 is 11.6. The molecule has 0 unspecified atom stereocenters. The molecule has 0 saturated carbocycles. The highest BCUT2D eigenvalue weighted by atomic mass is 35.5. The lowest BCUT2D eigenvalue weighted by Crippen LogP contribution is -2.23. The maximum absolute atomic E-state index is 11.8. The second kappa shape index (κ2) is 6.50. The minimum atomic E-state index is 0.0857. The fraction of sp³-hybridized carbons (Fsp3) is 0.267. The first-order valence-corrected chi connectivity index (χ1v) is 7.59. The fourth-order valence-electron chi connectivity index (χ4n) is 2.33. The lowest BCUT2D eigenvalue weighted by Gasteiger charge is -2.16. The lowest BCUT2D eigenvalue weighted by atomic mass is 10.3. The summed E-state index contributed by atoms with van der Waals surface area (Å²) in [6.45, 7) is 0.971. The number of nitrogens with zero attached hydrogens (tertiary/aromatic N) is 3. The van der Waals surface area contributed by atoms with Crippen LogP contribution in [0.15, 0.2) is 30.3 Å². The molecular formula is C15H13Cl2N3O2. The molecule has 114 valence electrons. The van der Waals surface area contributed by atoms with Crippen LogP contribution in [0.2, 0.25) is 10.4 Å². The Morgan fingerprint density at radius 3 is 2.82 bits per heavy atom. The van der Waals surface area contributed by atoms with Crippen molar-refractivity contribution in [3.05, 3.63) is 46.5 Å². The van der Waals surface area contributed by atoms with Gasteiger partial charge in [-0.1, -0.05) is 17.7 Å². The van der Waals surface area contributed by atoms with Crippen molar-refractivity contribution in [1.82, 2.24) is 9.97 Å². The molecule has 22 heavy (non-hydrogen) atoms. The second-order valence-corrected chi connectivity index (χ2v) is 5.61. The van der Waals surface area contributed by atoms with E-state index in [1.54, 1.807) is 11.0 Å². The molecule has 0 aliphatic carbocycles. The zero-order chi connectivity index (χ0) is 15.5. The average Bonchev–Trinajstić information content (AvgIpc) is 2.91. The van der Waals surface area contributed by atoms with Crippen molar-refractivity contribution in [1.29, 1.82) is 0 Å². The van der Waals surface area contributed by atoms with Crippen molar-refractivity contribution >= 4 is 34.8 Å². The van der Waals surface area contributed by atoms with Crippen LogP contribution in [-0.4, -0.2) is 22.4 Å². The van der Waals surface area contributed by atoms with Gasteiger partial charge >= 0.3 is 0 Å². The van der Waals surface area contributed by atoms with Crippen molar-refractivity contribution in [2.24, 2.45) is 0 Å². The third-order valence-corrected chi connectivity index (χ3v) is 3.67. The van der Waals surface area contributed by atoms with Gasteiger partial charge in [0.25, 0.3) is 0 Å². The normalized spacial score (nSPS) is 14.5. The van der Waals surface area contributed by atoms with Gasteiger partial charge in [-0.3, -0.25) is 4.79 Å². The minimum absolute atomic E-state index is 0.0857. The quantitative estimate of drug-likeness (QED) is 0.633. The van der Waals surface area contributed by atoms with E-state index in [2.05, 4.69) is 9.97 Å². The van der Waals surface area contributed by atoms with Gasteiger partial charge in [-0.05, 0) is 30.2 Å². The number of hydrogen-bond donors (Lipinski definition) is 0. The molecule has 0 bridgehead atoms. The van der Waals surface area contributed by atoms with E-state index < -0.39 is 0 Å². The minimum Gasteiger partial charge on any atom is -0.487 e. The molecule has 1 saturated heterocycles. The van der Waals surface area contributed by atoms with E-state index >= 15 is 0 Å². The maximum Gasteiger partial charge on any atom is 0.227 e. The first-order valence-electron chi connectivity index (χ1n) is 6.84.